The molecule has 0 aliphatic heterocycles. The average molecular weight is 281 g/mol. The Labute approximate surface area is 119 Å². The lowest BCUT2D eigenvalue weighted by molar-refractivity contribution is -0.147. The molecule has 0 heterocycles. The summed E-state index contributed by atoms with van der Waals surface area (Å²) in [5.74, 6) is -1.69. The molecule has 2 aliphatic rings. The van der Waals surface area contributed by atoms with Crippen molar-refractivity contribution in [3.63, 3.8) is 0 Å². The highest BCUT2D eigenvalue weighted by Gasteiger charge is 2.34. The van der Waals surface area contributed by atoms with Gasteiger partial charge in [-0.2, -0.15) is 0 Å². The molecule has 0 aromatic carbocycles. The molecule has 5 nitrogen and oxygen atoms in total. The van der Waals surface area contributed by atoms with E-state index >= 15 is 0 Å². The van der Waals surface area contributed by atoms with Crippen LogP contribution in [0, 0.1) is 17.8 Å². The summed E-state index contributed by atoms with van der Waals surface area (Å²) in [7, 11) is 0. The number of carbonyl (C=O) groups excluding carboxylic acids is 1. The maximum Gasteiger partial charge on any atom is 0.307 e. The van der Waals surface area contributed by atoms with Crippen molar-refractivity contribution in [1.29, 1.82) is 0 Å². The van der Waals surface area contributed by atoms with Gasteiger partial charge in [0, 0.05) is 6.54 Å². The van der Waals surface area contributed by atoms with Crippen LogP contribution in [0.1, 0.15) is 38.5 Å². The standard InChI is InChI=1S/C15H23NO4/c17-11-7-5-10(6-8-11)9-16-14(18)12-3-1-2-4-13(12)15(19)20/h1-2,10-13,17H,3-9H2,(H,16,18)(H,19,20). The minimum absolute atomic E-state index is 0.145. The fourth-order valence-electron chi connectivity index (χ4n) is 3.10. The van der Waals surface area contributed by atoms with Crippen molar-refractivity contribution < 1.29 is 19.8 Å². The second kappa shape index (κ2) is 6.88. The fraction of sp³-hybridized carbons (Fsp3) is 0.733. The van der Waals surface area contributed by atoms with Gasteiger partial charge in [0.05, 0.1) is 17.9 Å². The molecule has 0 aromatic heterocycles. The van der Waals surface area contributed by atoms with Crippen molar-refractivity contribution in [2.75, 3.05) is 6.54 Å². The van der Waals surface area contributed by atoms with Crippen LogP contribution in [0.2, 0.25) is 0 Å². The van der Waals surface area contributed by atoms with E-state index in [1.54, 1.807) is 0 Å². The Morgan fingerprint density at radius 1 is 1.05 bits per heavy atom. The molecule has 1 fully saturated rings. The minimum Gasteiger partial charge on any atom is -0.481 e. The summed E-state index contributed by atoms with van der Waals surface area (Å²) in [5, 5.41) is 21.5. The summed E-state index contributed by atoms with van der Waals surface area (Å²) in [6.07, 6.45) is 7.92. The number of hydrogen-bond acceptors (Lipinski definition) is 3. The van der Waals surface area contributed by atoms with E-state index in [0.717, 1.165) is 25.7 Å². The van der Waals surface area contributed by atoms with Crippen molar-refractivity contribution in [1.82, 2.24) is 5.32 Å². The van der Waals surface area contributed by atoms with Crippen molar-refractivity contribution in [3.05, 3.63) is 12.2 Å². The van der Waals surface area contributed by atoms with Gasteiger partial charge in [-0.25, -0.2) is 0 Å². The van der Waals surface area contributed by atoms with Crippen LogP contribution in [0.3, 0.4) is 0 Å². The van der Waals surface area contributed by atoms with Crippen molar-refractivity contribution in [2.24, 2.45) is 17.8 Å². The lowest BCUT2D eigenvalue weighted by atomic mass is 9.82. The van der Waals surface area contributed by atoms with Gasteiger partial charge in [-0.1, -0.05) is 12.2 Å². The molecule has 0 spiro atoms. The topological polar surface area (TPSA) is 86.6 Å². The minimum atomic E-state index is -0.893. The van der Waals surface area contributed by atoms with E-state index in [9.17, 15) is 14.7 Å². The maximum absolute atomic E-state index is 12.2. The van der Waals surface area contributed by atoms with Crippen LogP contribution < -0.4 is 5.32 Å². The number of aliphatic hydroxyl groups is 1. The molecule has 1 amide bonds. The molecule has 2 unspecified atom stereocenters. The van der Waals surface area contributed by atoms with Crippen LogP contribution >= 0.6 is 0 Å². The molecule has 20 heavy (non-hydrogen) atoms. The summed E-state index contributed by atoms with van der Waals surface area (Å²) < 4.78 is 0. The molecule has 0 radical (unpaired) electrons. The number of carboxylic acids is 1. The molecule has 0 aromatic rings. The first kappa shape index (κ1) is 15.0. The van der Waals surface area contributed by atoms with E-state index in [1.807, 2.05) is 12.2 Å². The average Bonchev–Trinajstić information content (AvgIpc) is 2.46. The maximum atomic E-state index is 12.2. The van der Waals surface area contributed by atoms with Gasteiger partial charge in [0.2, 0.25) is 5.91 Å². The summed E-state index contributed by atoms with van der Waals surface area (Å²) >= 11 is 0. The number of rotatable bonds is 4. The number of amides is 1. The predicted molar refractivity (Wildman–Crippen MR) is 74.0 cm³/mol. The molecular weight excluding hydrogens is 258 g/mol. The molecule has 112 valence electrons. The quantitative estimate of drug-likeness (QED) is 0.678. The van der Waals surface area contributed by atoms with Crippen LogP contribution in [0.4, 0.5) is 0 Å². The van der Waals surface area contributed by atoms with Crippen LogP contribution in [-0.2, 0) is 9.59 Å². The highest BCUT2D eigenvalue weighted by molar-refractivity contribution is 5.85. The van der Waals surface area contributed by atoms with Gasteiger partial charge in [0.15, 0.2) is 0 Å². The van der Waals surface area contributed by atoms with Gasteiger partial charge in [-0.15, -0.1) is 0 Å². The van der Waals surface area contributed by atoms with E-state index < -0.39 is 17.8 Å². The molecule has 3 N–H and O–H groups in total. The second-order valence-electron chi connectivity index (χ2n) is 5.91. The molecule has 2 atom stereocenters. The Hall–Kier alpha value is -1.36. The van der Waals surface area contributed by atoms with Gasteiger partial charge in [-0.05, 0) is 44.4 Å². The molecule has 1 saturated carbocycles. The zero-order valence-corrected chi connectivity index (χ0v) is 11.6. The number of nitrogens with one attached hydrogen (secondary N) is 1. The third kappa shape index (κ3) is 3.82. The number of aliphatic hydroxyl groups excluding tert-OH is 1. The molecule has 2 aliphatic carbocycles. The number of allylic oxidation sites excluding steroid dienone is 2. The summed E-state index contributed by atoms with van der Waals surface area (Å²) in [5.41, 5.74) is 0. The van der Waals surface area contributed by atoms with Crippen LogP contribution in [-0.4, -0.2) is 34.7 Å². The fourth-order valence-corrected chi connectivity index (χ4v) is 3.10. The Morgan fingerprint density at radius 3 is 2.25 bits per heavy atom. The number of aliphatic carboxylic acids is 1. The summed E-state index contributed by atoms with van der Waals surface area (Å²) in [6.45, 7) is 0.595. The number of carbonyl (C=O) groups is 2. The molecular formula is C15H23NO4. The summed E-state index contributed by atoms with van der Waals surface area (Å²) in [6, 6.07) is 0. The number of carboxylic acid groups (broad SMARTS) is 1. The molecule has 0 bridgehead atoms. The predicted octanol–water partition coefficient (Wildman–Crippen LogP) is 1.32. The monoisotopic (exact) mass is 281 g/mol. The van der Waals surface area contributed by atoms with Gasteiger partial charge in [0.25, 0.3) is 0 Å². The van der Waals surface area contributed by atoms with Gasteiger partial charge in [-0.3, -0.25) is 9.59 Å². The lowest BCUT2D eigenvalue weighted by Crippen LogP contribution is -2.41. The Kier molecular flexibility index (Phi) is 5.17. The summed E-state index contributed by atoms with van der Waals surface area (Å²) in [4.78, 5) is 23.3. The van der Waals surface area contributed by atoms with E-state index in [1.165, 1.54) is 0 Å². The van der Waals surface area contributed by atoms with E-state index in [4.69, 9.17) is 5.11 Å². The van der Waals surface area contributed by atoms with Crippen LogP contribution in [0.25, 0.3) is 0 Å². The smallest absolute Gasteiger partial charge is 0.307 e. The third-order valence-corrected chi connectivity index (χ3v) is 4.47. The first-order chi connectivity index (χ1) is 9.58. The molecule has 2 rings (SSSR count). The van der Waals surface area contributed by atoms with Crippen molar-refractivity contribution in [2.45, 2.75) is 44.6 Å². The molecule has 5 heteroatoms. The second-order valence-corrected chi connectivity index (χ2v) is 5.91. The Balaban J connectivity index is 1.81. The highest BCUT2D eigenvalue weighted by Crippen LogP contribution is 2.27. The molecule has 0 saturated heterocycles. The highest BCUT2D eigenvalue weighted by atomic mass is 16.4. The van der Waals surface area contributed by atoms with Crippen molar-refractivity contribution >= 4 is 11.9 Å². The van der Waals surface area contributed by atoms with E-state index in [0.29, 0.717) is 25.3 Å². The lowest BCUT2D eigenvalue weighted by Gasteiger charge is -2.28. The Bertz CT molecular complexity index is 385. The zero-order chi connectivity index (χ0) is 14.5. The van der Waals surface area contributed by atoms with E-state index in [2.05, 4.69) is 5.32 Å². The zero-order valence-electron chi connectivity index (χ0n) is 11.6. The number of hydrogen-bond donors (Lipinski definition) is 3. The SMILES string of the molecule is O=C(O)C1CC=CCC1C(=O)NCC1CCC(O)CC1. The van der Waals surface area contributed by atoms with Crippen molar-refractivity contribution in [3.8, 4) is 0 Å². The van der Waals surface area contributed by atoms with Gasteiger partial charge in [0.1, 0.15) is 0 Å². The van der Waals surface area contributed by atoms with Crippen LogP contribution in [0.5, 0.6) is 0 Å². The normalized spacial score (nSPS) is 33.6. The third-order valence-electron chi connectivity index (χ3n) is 4.47. The van der Waals surface area contributed by atoms with Crippen LogP contribution in [0.15, 0.2) is 12.2 Å². The Morgan fingerprint density at radius 2 is 1.65 bits per heavy atom. The first-order valence-corrected chi connectivity index (χ1v) is 7.41. The van der Waals surface area contributed by atoms with Gasteiger partial charge < -0.3 is 15.5 Å². The first-order valence-electron chi connectivity index (χ1n) is 7.41. The van der Waals surface area contributed by atoms with Gasteiger partial charge >= 0.3 is 5.97 Å². The van der Waals surface area contributed by atoms with E-state index in [-0.39, 0.29) is 12.0 Å². The largest absolute Gasteiger partial charge is 0.481 e.